The molecule has 0 N–H and O–H groups in total. The van der Waals surface area contributed by atoms with Crippen LogP contribution in [0.3, 0.4) is 0 Å². The van der Waals surface area contributed by atoms with E-state index >= 15 is 0 Å². The molecule has 162 valence electrons. The van der Waals surface area contributed by atoms with E-state index in [4.69, 9.17) is 55.6 Å². The fourth-order valence-electron chi connectivity index (χ4n) is 2.64. The second-order valence-corrected chi connectivity index (χ2v) is 8.09. The van der Waals surface area contributed by atoms with Crippen molar-refractivity contribution in [1.29, 1.82) is 0 Å². The molecule has 2 rings (SSSR count). The van der Waals surface area contributed by atoms with Crippen LogP contribution in [0.2, 0.25) is 10.0 Å². The first-order chi connectivity index (χ1) is 14.7. The Labute approximate surface area is 203 Å². The van der Waals surface area contributed by atoms with Gasteiger partial charge in [0.2, 0.25) is 0 Å². The minimum Gasteiger partial charge on any atom is -0.464 e. The highest BCUT2D eigenvalue weighted by Gasteiger charge is 2.21. The molecular weight excluding hydrogens is 474 g/mol. The first-order valence-electron chi connectivity index (χ1n) is 9.48. The Morgan fingerprint density at radius 2 is 1.03 bits per heavy atom. The molecule has 0 amide bonds. The lowest BCUT2D eigenvalue weighted by molar-refractivity contribution is 0.301. The molecule has 0 bridgehead atoms. The SMILES string of the molecule is CC1=C(Cl)C(=C/C=C/C=C/C=C/C=C/C=C/c2c(Cl)c(C)[o+]c(C)c2Cl)C(Cl)=C(C)O1. The minimum atomic E-state index is 0.514. The number of halogens is 4. The molecule has 0 fully saturated rings. The lowest BCUT2D eigenvalue weighted by Gasteiger charge is -2.18. The van der Waals surface area contributed by atoms with Gasteiger partial charge in [-0.2, -0.15) is 0 Å². The number of hydrogen-bond donors (Lipinski definition) is 0. The molecule has 2 nitrogen and oxygen atoms in total. The first-order valence-corrected chi connectivity index (χ1v) is 11.0. The van der Waals surface area contributed by atoms with Crippen LogP contribution >= 0.6 is 46.4 Å². The predicted octanol–water partition coefficient (Wildman–Crippen LogP) is 9.62. The van der Waals surface area contributed by atoms with Gasteiger partial charge in [0.25, 0.3) is 0 Å². The predicted molar refractivity (Wildman–Crippen MR) is 134 cm³/mol. The number of allylic oxidation sites excluding steroid dienone is 15. The molecule has 1 aromatic rings. The molecular formula is C25H23Cl4O2+. The third-order valence-corrected chi connectivity index (χ3v) is 6.09. The molecule has 0 unspecified atom stereocenters. The van der Waals surface area contributed by atoms with Gasteiger partial charge in [-0.25, -0.2) is 4.42 Å². The van der Waals surface area contributed by atoms with E-state index in [9.17, 15) is 0 Å². The van der Waals surface area contributed by atoms with Gasteiger partial charge in [0.15, 0.2) is 0 Å². The van der Waals surface area contributed by atoms with Crippen LogP contribution in [0.25, 0.3) is 6.08 Å². The summed E-state index contributed by atoms with van der Waals surface area (Å²) >= 11 is 25.0. The van der Waals surface area contributed by atoms with Crippen molar-refractivity contribution in [1.82, 2.24) is 0 Å². The Morgan fingerprint density at radius 1 is 0.613 bits per heavy atom. The largest absolute Gasteiger partial charge is 0.464 e. The van der Waals surface area contributed by atoms with Gasteiger partial charge in [0.1, 0.15) is 21.6 Å². The zero-order chi connectivity index (χ0) is 23.0. The summed E-state index contributed by atoms with van der Waals surface area (Å²) in [6.07, 6.45) is 20.8. The smallest absolute Gasteiger partial charge is 0.345 e. The summed E-state index contributed by atoms with van der Waals surface area (Å²) in [5.74, 6) is 2.55. The molecule has 0 aromatic carbocycles. The van der Waals surface area contributed by atoms with Gasteiger partial charge >= 0.3 is 11.5 Å². The summed E-state index contributed by atoms with van der Waals surface area (Å²) in [5.41, 5.74) is 1.49. The molecule has 0 saturated heterocycles. The molecule has 1 aliphatic rings. The van der Waals surface area contributed by atoms with Crippen LogP contribution in [0, 0.1) is 13.8 Å². The Bertz CT molecular complexity index is 1030. The van der Waals surface area contributed by atoms with Gasteiger partial charge in [-0.3, -0.25) is 0 Å². The molecule has 0 aliphatic carbocycles. The van der Waals surface area contributed by atoms with Crippen molar-refractivity contribution >= 4 is 52.5 Å². The number of aryl methyl sites for hydroxylation is 2. The summed E-state index contributed by atoms with van der Waals surface area (Å²) in [6.45, 7) is 7.23. The van der Waals surface area contributed by atoms with E-state index in [2.05, 4.69) is 0 Å². The van der Waals surface area contributed by atoms with Gasteiger partial charge < -0.3 is 4.74 Å². The molecule has 2 heterocycles. The van der Waals surface area contributed by atoms with Crippen LogP contribution in [0.15, 0.2) is 92.3 Å². The minimum absolute atomic E-state index is 0.514. The van der Waals surface area contributed by atoms with Crippen LogP contribution in [0.4, 0.5) is 0 Å². The van der Waals surface area contributed by atoms with Crippen LogP contribution in [-0.2, 0) is 4.74 Å². The molecule has 1 aromatic heterocycles. The summed E-state index contributed by atoms with van der Waals surface area (Å²) in [4.78, 5) is 0. The topological polar surface area (TPSA) is 20.5 Å². The molecule has 0 radical (unpaired) electrons. The van der Waals surface area contributed by atoms with Crippen molar-refractivity contribution in [3.05, 3.63) is 115 Å². The molecule has 0 spiro atoms. The third-order valence-electron chi connectivity index (χ3n) is 4.21. The Hall–Kier alpha value is -1.97. The summed E-state index contributed by atoms with van der Waals surface area (Å²) in [6, 6.07) is 0. The van der Waals surface area contributed by atoms with Crippen molar-refractivity contribution in [3.8, 4) is 0 Å². The van der Waals surface area contributed by atoms with Crippen LogP contribution in [-0.4, -0.2) is 0 Å². The van der Waals surface area contributed by atoms with E-state index < -0.39 is 0 Å². The first kappa shape index (κ1) is 25.3. The fourth-order valence-corrected chi connectivity index (χ4v) is 3.52. The van der Waals surface area contributed by atoms with Gasteiger partial charge in [-0.1, -0.05) is 113 Å². The van der Waals surface area contributed by atoms with Crippen molar-refractivity contribution in [3.63, 3.8) is 0 Å². The highest BCUT2D eigenvalue weighted by atomic mass is 35.5. The second-order valence-electron chi connectivity index (χ2n) is 6.58. The number of hydrogen-bond acceptors (Lipinski definition) is 1. The van der Waals surface area contributed by atoms with Crippen molar-refractivity contribution in [2.75, 3.05) is 0 Å². The maximum atomic E-state index is 6.26. The zero-order valence-electron chi connectivity index (χ0n) is 17.7. The maximum absolute atomic E-state index is 6.26. The van der Waals surface area contributed by atoms with E-state index in [1.54, 1.807) is 27.7 Å². The monoisotopic (exact) mass is 495 g/mol. The van der Waals surface area contributed by atoms with Crippen molar-refractivity contribution < 1.29 is 9.15 Å². The highest BCUT2D eigenvalue weighted by molar-refractivity contribution is 6.39. The maximum Gasteiger partial charge on any atom is 0.345 e. The average Bonchev–Trinajstić information content (AvgIpc) is 2.73. The molecule has 6 heteroatoms. The van der Waals surface area contributed by atoms with Gasteiger partial charge in [-0.15, -0.1) is 0 Å². The Balaban J connectivity index is 1.92. The molecule has 0 atom stereocenters. The quantitative estimate of drug-likeness (QED) is 0.288. The normalized spacial score (nSPS) is 15.7. The van der Waals surface area contributed by atoms with Crippen LogP contribution < -0.4 is 0 Å². The standard InChI is InChI=1S/C25H23Cl4O2/c1-16-22(26)20(23(27)17(2)30-16)14-12-10-8-6-5-7-9-11-13-15-21-24(28)18(3)31-19(4)25(21)29/h5-15H,1-4H3/q+1. The number of rotatable bonds is 6. The Kier molecular flexibility index (Phi) is 9.93. The van der Waals surface area contributed by atoms with E-state index in [-0.39, 0.29) is 0 Å². The van der Waals surface area contributed by atoms with E-state index in [0.29, 0.717) is 43.1 Å². The van der Waals surface area contributed by atoms with Crippen molar-refractivity contribution in [2.24, 2.45) is 0 Å². The second kappa shape index (κ2) is 12.2. The molecule has 1 aliphatic heterocycles. The molecule has 31 heavy (non-hydrogen) atoms. The number of ether oxygens (including phenoxy) is 1. The van der Waals surface area contributed by atoms with Gasteiger partial charge in [-0.05, 0) is 13.8 Å². The molecule has 0 saturated carbocycles. The summed E-state index contributed by atoms with van der Waals surface area (Å²) in [7, 11) is 0. The van der Waals surface area contributed by atoms with Crippen molar-refractivity contribution in [2.45, 2.75) is 27.7 Å². The average molecular weight is 497 g/mol. The van der Waals surface area contributed by atoms with Crippen LogP contribution in [0.1, 0.15) is 30.9 Å². The third kappa shape index (κ3) is 7.02. The van der Waals surface area contributed by atoms with E-state index in [0.717, 1.165) is 11.1 Å². The summed E-state index contributed by atoms with van der Waals surface area (Å²) < 4.78 is 10.9. The fraction of sp³-hybridized carbons (Fsp3) is 0.160. The van der Waals surface area contributed by atoms with Crippen LogP contribution in [0.5, 0.6) is 0 Å². The van der Waals surface area contributed by atoms with E-state index in [1.807, 2.05) is 66.8 Å². The highest BCUT2D eigenvalue weighted by Crippen LogP contribution is 2.36. The van der Waals surface area contributed by atoms with Gasteiger partial charge in [0.05, 0.1) is 23.9 Å². The Morgan fingerprint density at radius 3 is 1.52 bits per heavy atom. The van der Waals surface area contributed by atoms with Gasteiger partial charge in [0, 0.05) is 11.1 Å². The lowest BCUT2D eigenvalue weighted by Crippen LogP contribution is -2.02. The zero-order valence-corrected chi connectivity index (χ0v) is 20.7. The van der Waals surface area contributed by atoms with E-state index in [1.165, 1.54) is 0 Å². The lowest BCUT2D eigenvalue weighted by atomic mass is 10.1. The summed E-state index contributed by atoms with van der Waals surface area (Å²) in [5, 5.41) is 2.06.